The molecule has 6 nitrogen and oxygen atoms in total. The number of aromatic nitrogens is 1. The van der Waals surface area contributed by atoms with Gasteiger partial charge in [0.15, 0.2) is 6.10 Å². The van der Waals surface area contributed by atoms with Crippen LogP contribution in [-0.2, 0) is 9.53 Å². The Hall–Kier alpha value is -2.54. The predicted molar refractivity (Wildman–Crippen MR) is 103 cm³/mol. The molecular formula is C17H13N3O3S3. The van der Waals surface area contributed by atoms with Gasteiger partial charge in [0.25, 0.3) is 5.91 Å². The molecule has 0 aliphatic carbocycles. The fourth-order valence-corrected chi connectivity index (χ4v) is 4.47. The SMILES string of the molecule is Cc1nc(-c2ccsc2)sc1C(=O)O[C@@H](C)C(=O)Nc1sccc1C#N. The lowest BCUT2D eigenvalue weighted by molar-refractivity contribution is -0.123. The van der Waals surface area contributed by atoms with Gasteiger partial charge in [-0.05, 0) is 36.7 Å². The number of amides is 1. The first-order chi connectivity index (χ1) is 12.5. The number of carbonyl (C=O) groups excluding carboxylic acids is 2. The summed E-state index contributed by atoms with van der Waals surface area (Å²) >= 11 is 4.03. The summed E-state index contributed by atoms with van der Waals surface area (Å²) in [4.78, 5) is 29.4. The van der Waals surface area contributed by atoms with Gasteiger partial charge in [-0.2, -0.15) is 16.6 Å². The number of aryl methyl sites for hydroxylation is 1. The van der Waals surface area contributed by atoms with Gasteiger partial charge in [-0.3, -0.25) is 4.79 Å². The van der Waals surface area contributed by atoms with Crippen molar-refractivity contribution in [2.24, 2.45) is 0 Å². The van der Waals surface area contributed by atoms with Crippen molar-refractivity contribution in [3.63, 3.8) is 0 Å². The fourth-order valence-electron chi connectivity index (χ4n) is 2.07. The van der Waals surface area contributed by atoms with Crippen LogP contribution in [0.1, 0.15) is 27.9 Å². The maximum atomic E-state index is 12.4. The van der Waals surface area contributed by atoms with Crippen molar-refractivity contribution in [2.45, 2.75) is 20.0 Å². The molecule has 1 amide bonds. The van der Waals surface area contributed by atoms with Crippen LogP contribution in [0.15, 0.2) is 28.3 Å². The van der Waals surface area contributed by atoms with E-state index in [9.17, 15) is 9.59 Å². The molecule has 132 valence electrons. The summed E-state index contributed by atoms with van der Waals surface area (Å²) in [6, 6.07) is 5.54. The van der Waals surface area contributed by atoms with Crippen LogP contribution in [0, 0.1) is 18.3 Å². The largest absolute Gasteiger partial charge is 0.448 e. The summed E-state index contributed by atoms with van der Waals surface area (Å²) in [5.74, 6) is -1.08. The fraction of sp³-hybridized carbons (Fsp3) is 0.176. The minimum Gasteiger partial charge on any atom is -0.448 e. The van der Waals surface area contributed by atoms with E-state index in [1.807, 2.05) is 22.9 Å². The highest BCUT2D eigenvalue weighted by atomic mass is 32.1. The number of ether oxygens (including phenoxy) is 1. The second-order valence-corrected chi connectivity index (χ2v) is 7.95. The highest BCUT2D eigenvalue weighted by molar-refractivity contribution is 7.17. The van der Waals surface area contributed by atoms with Crippen molar-refractivity contribution in [3.05, 3.63) is 44.4 Å². The first kappa shape index (κ1) is 18.3. The van der Waals surface area contributed by atoms with Gasteiger partial charge in [-0.15, -0.1) is 22.7 Å². The molecule has 26 heavy (non-hydrogen) atoms. The highest BCUT2D eigenvalue weighted by Crippen LogP contribution is 2.30. The molecule has 9 heteroatoms. The third kappa shape index (κ3) is 3.83. The number of carbonyl (C=O) groups is 2. The summed E-state index contributed by atoms with van der Waals surface area (Å²) in [5, 5.41) is 18.4. The summed E-state index contributed by atoms with van der Waals surface area (Å²) in [6.45, 7) is 3.22. The average Bonchev–Trinajstić information content (AvgIpc) is 3.34. The Balaban J connectivity index is 1.68. The van der Waals surface area contributed by atoms with E-state index in [0.717, 1.165) is 10.6 Å². The lowest BCUT2D eigenvalue weighted by atomic mass is 10.3. The summed E-state index contributed by atoms with van der Waals surface area (Å²) in [7, 11) is 0. The van der Waals surface area contributed by atoms with Crippen molar-refractivity contribution in [1.82, 2.24) is 4.98 Å². The smallest absolute Gasteiger partial charge is 0.351 e. The standard InChI is InChI=1S/C17H13N3O3S3/c1-9-13(26-16(19-9)12-3-5-24-8-12)17(22)23-10(2)14(21)20-15-11(7-18)4-6-25-15/h3-6,8,10H,1-2H3,(H,20,21)/t10-/m0/s1. The van der Waals surface area contributed by atoms with Crippen molar-refractivity contribution in [1.29, 1.82) is 5.26 Å². The Morgan fingerprint density at radius 3 is 2.85 bits per heavy atom. The number of hydrogen-bond donors (Lipinski definition) is 1. The highest BCUT2D eigenvalue weighted by Gasteiger charge is 2.24. The zero-order valence-electron chi connectivity index (χ0n) is 13.8. The number of hydrogen-bond acceptors (Lipinski definition) is 8. The first-order valence-electron chi connectivity index (χ1n) is 7.49. The Labute approximate surface area is 161 Å². The Kier molecular flexibility index (Phi) is 5.46. The van der Waals surface area contributed by atoms with E-state index in [-0.39, 0.29) is 0 Å². The quantitative estimate of drug-likeness (QED) is 0.641. The molecule has 0 saturated carbocycles. The van der Waals surface area contributed by atoms with Gasteiger partial charge in [0.05, 0.1) is 11.3 Å². The van der Waals surface area contributed by atoms with Gasteiger partial charge < -0.3 is 10.1 Å². The molecule has 3 heterocycles. The molecule has 3 rings (SSSR count). The topological polar surface area (TPSA) is 92.1 Å². The van der Waals surface area contributed by atoms with Gasteiger partial charge in [-0.1, -0.05) is 0 Å². The number of nitrogens with zero attached hydrogens (tertiary/aromatic N) is 2. The maximum Gasteiger partial charge on any atom is 0.351 e. The van der Waals surface area contributed by atoms with E-state index in [2.05, 4.69) is 10.3 Å². The summed E-state index contributed by atoms with van der Waals surface area (Å²) < 4.78 is 5.28. The lowest BCUT2D eigenvalue weighted by Crippen LogP contribution is -2.29. The molecule has 1 N–H and O–H groups in total. The number of nitriles is 1. The molecule has 0 saturated heterocycles. The molecule has 0 fully saturated rings. The predicted octanol–water partition coefficient (Wildman–Crippen LogP) is 4.30. The third-order valence-electron chi connectivity index (χ3n) is 3.43. The van der Waals surface area contributed by atoms with Crippen LogP contribution in [0.5, 0.6) is 0 Å². The van der Waals surface area contributed by atoms with E-state index in [0.29, 0.717) is 21.1 Å². The number of thiophene rings is 2. The molecule has 0 bridgehead atoms. The van der Waals surface area contributed by atoms with E-state index in [4.69, 9.17) is 10.00 Å². The molecule has 0 spiro atoms. The summed E-state index contributed by atoms with van der Waals surface area (Å²) in [5.41, 5.74) is 1.90. The lowest BCUT2D eigenvalue weighted by Gasteiger charge is -2.12. The van der Waals surface area contributed by atoms with Crippen LogP contribution in [0.4, 0.5) is 5.00 Å². The van der Waals surface area contributed by atoms with Gasteiger partial charge in [0, 0.05) is 10.9 Å². The Bertz CT molecular complexity index is 983. The Morgan fingerprint density at radius 1 is 1.35 bits per heavy atom. The number of anilines is 1. The monoisotopic (exact) mass is 403 g/mol. The molecule has 0 unspecified atom stereocenters. The second kappa shape index (κ2) is 7.78. The van der Waals surface area contributed by atoms with E-state index in [1.165, 1.54) is 29.6 Å². The molecule has 0 radical (unpaired) electrons. The van der Waals surface area contributed by atoms with Crippen molar-refractivity contribution in [3.8, 4) is 16.6 Å². The van der Waals surface area contributed by atoms with Crippen molar-refractivity contribution < 1.29 is 14.3 Å². The summed E-state index contributed by atoms with van der Waals surface area (Å²) in [6.07, 6.45) is -0.998. The average molecular weight is 404 g/mol. The van der Waals surface area contributed by atoms with Gasteiger partial charge in [0.2, 0.25) is 0 Å². The molecule has 1 atom stereocenters. The van der Waals surface area contributed by atoms with Gasteiger partial charge >= 0.3 is 5.97 Å². The molecule has 3 aromatic rings. The van der Waals surface area contributed by atoms with Crippen LogP contribution < -0.4 is 5.32 Å². The van der Waals surface area contributed by atoms with Crippen molar-refractivity contribution >= 4 is 50.9 Å². The zero-order valence-corrected chi connectivity index (χ0v) is 16.3. The number of thiazole rings is 1. The molecule has 3 aromatic heterocycles. The maximum absolute atomic E-state index is 12.4. The minimum atomic E-state index is -0.998. The number of rotatable bonds is 5. The van der Waals surface area contributed by atoms with Crippen LogP contribution in [0.3, 0.4) is 0 Å². The third-order valence-corrected chi connectivity index (χ3v) is 6.13. The normalized spacial score (nSPS) is 11.6. The number of nitrogens with one attached hydrogen (secondary N) is 1. The van der Waals surface area contributed by atoms with Gasteiger partial charge in [-0.25, -0.2) is 9.78 Å². The van der Waals surface area contributed by atoms with Crippen LogP contribution in [0.25, 0.3) is 10.6 Å². The van der Waals surface area contributed by atoms with Crippen LogP contribution in [-0.4, -0.2) is 23.0 Å². The van der Waals surface area contributed by atoms with Crippen LogP contribution >= 0.6 is 34.0 Å². The second-order valence-electron chi connectivity index (χ2n) is 5.26. The minimum absolute atomic E-state index is 0.375. The first-order valence-corrected chi connectivity index (χ1v) is 10.1. The van der Waals surface area contributed by atoms with Crippen LogP contribution in [0.2, 0.25) is 0 Å². The number of esters is 1. The molecular weight excluding hydrogens is 390 g/mol. The van der Waals surface area contributed by atoms with E-state index >= 15 is 0 Å². The van der Waals surface area contributed by atoms with E-state index in [1.54, 1.807) is 29.7 Å². The molecule has 0 aliphatic rings. The molecule has 0 aromatic carbocycles. The van der Waals surface area contributed by atoms with Gasteiger partial charge in [0.1, 0.15) is 21.0 Å². The molecule has 0 aliphatic heterocycles. The zero-order chi connectivity index (χ0) is 18.7. The van der Waals surface area contributed by atoms with Crippen molar-refractivity contribution in [2.75, 3.05) is 5.32 Å². The Morgan fingerprint density at radius 2 is 2.15 bits per heavy atom. The van der Waals surface area contributed by atoms with E-state index < -0.39 is 18.0 Å².